The summed E-state index contributed by atoms with van der Waals surface area (Å²) in [7, 11) is 0. The summed E-state index contributed by atoms with van der Waals surface area (Å²) in [4.78, 5) is 12.0. The minimum atomic E-state index is -0.862. The fourth-order valence-corrected chi connectivity index (χ4v) is 2.25. The van der Waals surface area contributed by atoms with Crippen LogP contribution in [0.2, 0.25) is 0 Å². The van der Waals surface area contributed by atoms with Gasteiger partial charge in [-0.25, -0.2) is 8.78 Å². The SMILES string of the molecule is CCC1(NC(=O)c2cc(F)cc(N)c2F)CCC1. The molecule has 5 heteroatoms. The van der Waals surface area contributed by atoms with Crippen LogP contribution < -0.4 is 11.1 Å². The zero-order chi connectivity index (χ0) is 13.3. The molecule has 0 unspecified atom stereocenters. The first-order valence-corrected chi connectivity index (χ1v) is 6.04. The summed E-state index contributed by atoms with van der Waals surface area (Å²) in [5.74, 6) is -2.17. The Morgan fingerprint density at radius 3 is 2.61 bits per heavy atom. The number of carbonyl (C=O) groups is 1. The number of rotatable bonds is 3. The van der Waals surface area contributed by atoms with Crippen molar-refractivity contribution in [2.75, 3.05) is 5.73 Å². The number of nitrogens with two attached hydrogens (primary N) is 1. The van der Waals surface area contributed by atoms with Crippen molar-refractivity contribution in [1.29, 1.82) is 0 Å². The standard InChI is InChI=1S/C13H16F2N2O/c1-2-13(4-3-5-13)17-12(18)9-6-8(14)7-10(16)11(9)15/h6-7H,2-5,16H2,1H3,(H,17,18). The highest BCUT2D eigenvalue weighted by atomic mass is 19.1. The average Bonchev–Trinajstić information content (AvgIpc) is 2.28. The van der Waals surface area contributed by atoms with Crippen LogP contribution >= 0.6 is 0 Å². The molecule has 0 bridgehead atoms. The van der Waals surface area contributed by atoms with Gasteiger partial charge in [0.2, 0.25) is 0 Å². The molecule has 1 aliphatic carbocycles. The summed E-state index contributed by atoms with van der Waals surface area (Å²) >= 11 is 0. The summed E-state index contributed by atoms with van der Waals surface area (Å²) in [6.07, 6.45) is 3.58. The molecule has 98 valence electrons. The summed E-state index contributed by atoms with van der Waals surface area (Å²) in [6, 6.07) is 1.74. The van der Waals surface area contributed by atoms with Crippen LogP contribution in [-0.4, -0.2) is 11.4 Å². The van der Waals surface area contributed by atoms with Crippen LogP contribution in [-0.2, 0) is 0 Å². The maximum Gasteiger partial charge on any atom is 0.254 e. The highest BCUT2D eigenvalue weighted by molar-refractivity contribution is 5.96. The summed E-state index contributed by atoms with van der Waals surface area (Å²) < 4.78 is 26.8. The predicted molar refractivity (Wildman–Crippen MR) is 65.1 cm³/mol. The quantitative estimate of drug-likeness (QED) is 0.815. The molecule has 0 radical (unpaired) electrons. The zero-order valence-electron chi connectivity index (χ0n) is 10.2. The molecule has 3 nitrogen and oxygen atoms in total. The Balaban J connectivity index is 2.24. The fraction of sp³-hybridized carbons (Fsp3) is 0.462. The van der Waals surface area contributed by atoms with E-state index in [2.05, 4.69) is 5.32 Å². The normalized spacial score (nSPS) is 17.1. The Labute approximate surface area is 104 Å². The molecule has 1 aromatic rings. The van der Waals surface area contributed by atoms with Crippen molar-refractivity contribution >= 4 is 11.6 Å². The van der Waals surface area contributed by atoms with Gasteiger partial charge in [0.25, 0.3) is 5.91 Å². The van der Waals surface area contributed by atoms with Crippen molar-refractivity contribution in [2.24, 2.45) is 0 Å². The first-order valence-electron chi connectivity index (χ1n) is 6.04. The Morgan fingerprint density at radius 2 is 2.11 bits per heavy atom. The Kier molecular flexibility index (Phi) is 3.24. The lowest BCUT2D eigenvalue weighted by atomic mass is 9.74. The van der Waals surface area contributed by atoms with Gasteiger partial charge in [-0.05, 0) is 37.8 Å². The molecular formula is C13H16F2N2O. The third-order valence-electron chi connectivity index (χ3n) is 3.68. The number of benzene rings is 1. The van der Waals surface area contributed by atoms with E-state index in [0.29, 0.717) is 0 Å². The Bertz CT molecular complexity index is 479. The number of amides is 1. The van der Waals surface area contributed by atoms with E-state index in [0.717, 1.165) is 37.8 Å². The Hall–Kier alpha value is -1.65. The molecule has 0 aromatic heterocycles. The minimum Gasteiger partial charge on any atom is -0.396 e. The van der Waals surface area contributed by atoms with Crippen LogP contribution in [0.1, 0.15) is 43.0 Å². The molecule has 1 fully saturated rings. The molecule has 3 N–H and O–H groups in total. The maximum atomic E-state index is 13.7. The minimum absolute atomic E-state index is 0.259. The van der Waals surface area contributed by atoms with E-state index in [4.69, 9.17) is 5.73 Å². The van der Waals surface area contributed by atoms with Gasteiger partial charge in [-0.1, -0.05) is 6.92 Å². The van der Waals surface area contributed by atoms with E-state index in [-0.39, 0.29) is 16.8 Å². The molecule has 1 aromatic carbocycles. The molecule has 1 saturated carbocycles. The van der Waals surface area contributed by atoms with E-state index in [9.17, 15) is 13.6 Å². The van der Waals surface area contributed by atoms with Crippen molar-refractivity contribution in [1.82, 2.24) is 5.32 Å². The van der Waals surface area contributed by atoms with Gasteiger partial charge in [-0.2, -0.15) is 0 Å². The van der Waals surface area contributed by atoms with Gasteiger partial charge in [0.05, 0.1) is 11.3 Å². The van der Waals surface area contributed by atoms with Gasteiger partial charge in [0.1, 0.15) is 5.82 Å². The van der Waals surface area contributed by atoms with Crippen LogP contribution in [0.4, 0.5) is 14.5 Å². The third kappa shape index (κ3) is 2.17. The van der Waals surface area contributed by atoms with Crippen LogP contribution in [0.5, 0.6) is 0 Å². The van der Waals surface area contributed by atoms with Gasteiger partial charge < -0.3 is 11.1 Å². The molecule has 1 aliphatic rings. The highest BCUT2D eigenvalue weighted by Gasteiger charge is 2.37. The molecule has 18 heavy (non-hydrogen) atoms. The number of nitrogen functional groups attached to an aromatic ring is 1. The number of anilines is 1. The highest BCUT2D eigenvalue weighted by Crippen LogP contribution is 2.35. The van der Waals surface area contributed by atoms with Gasteiger partial charge in [0.15, 0.2) is 5.82 Å². The van der Waals surface area contributed by atoms with Crippen molar-refractivity contribution in [3.05, 3.63) is 29.3 Å². The second kappa shape index (κ2) is 4.55. The van der Waals surface area contributed by atoms with Gasteiger partial charge in [0, 0.05) is 5.54 Å². The Morgan fingerprint density at radius 1 is 1.44 bits per heavy atom. The molecule has 0 aliphatic heterocycles. The average molecular weight is 254 g/mol. The molecule has 2 rings (SSSR count). The molecule has 0 atom stereocenters. The molecular weight excluding hydrogens is 238 g/mol. The van der Waals surface area contributed by atoms with E-state index in [1.54, 1.807) is 0 Å². The topological polar surface area (TPSA) is 55.1 Å². The number of hydrogen-bond acceptors (Lipinski definition) is 2. The lowest BCUT2D eigenvalue weighted by Gasteiger charge is -2.42. The lowest BCUT2D eigenvalue weighted by molar-refractivity contribution is 0.0816. The van der Waals surface area contributed by atoms with Gasteiger partial charge in [-0.3, -0.25) is 4.79 Å². The largest absolute Gasteiger partial charge is 0.396 e. The van der Waals surface area contributed by atoms with Crippen molar-refractivity contribution in [2.45, 2.75) is 38.1 Å². The summed E-state index contributed by atoms with van der Waals surface area (Å²) in [6.45, 7) is 1.97. The van der Waals surface area contributed by atoms with Crippen LogP contribution in [0.3, 0.4) is 0 Å². The molecule has 0 saturated heterocycles. The van der Waals surface area contributed by atoms with Crippen molar-refractivity contribution in [3.63, 3.8) is 0 Å². The summed E-state index contributed by atoms with van der Waals surface area (Å²) in [5, 5.41) is 2.79. The lowest BCUT2D eigenvalue weighted by Crippen LogP contribution is -2.53. The smallest absolute Gasteiger partial charge is 0.254 e. The number of hydrogen-bond donors (Lipinski definition) is 2. The van der Waals surface area contributed by atoms with Crippen LogP contribution in [0, 0.1) is 11.6 Å². The number of halogens is 2. The number of carbonyl (C=O) groups excluding carboxylic acids is 1. The summed E-state index contributed by atoms with van der Waals surface area (Å²) in [5.41, 5.74) is 4.37. The second-order valence-corrected chi connectivity index (χ2v) is 4.80. The van der Waals surface area contributed by atoms with E-state index in [1.807, 2.05) is 6.92 Å². The van der Waals surface area contributed by atoms with Gasteiger partial charge in [-0.15, -0.1) is 0 Å². The first-order chi connectivity index (χ1) is 8.47. The van der Waals surface area contributed by atoms with Crippen molar-refractivity contribution < 1.29 is 13.6 Å². The zero-order valence-corrected chi connectivity index (χ0v) is 10.2. The van der Waals surface area contributed by atoms with Crippen molar-refractivity contribution in [3.8, 4) is 0 Å². The third-order valence-corrected chi connectivity index (χ3v) is 3.68. The predicted octanol–water partition coefficient (Wildman–Crippen LogP) is 2.61. The molecule has 1 amide bonds. The molecule has 0 spiro atoms. The fourth-order valence-electron chi connectivity index (χ4n) is 2.25. The maximum absolute atomic E-state index is 13.7. The second-order valence-electron chi connectivity index (χ2n) is 4.80. The van der Waals surface area contributed by atoms with Crippen LogP contribution in [0.25, 0.3) is 0 Å². The number of nitrogens with one attached hydrogen (secondary N) is 1. The first kappa shape index (κ1) is 12.8. The van der Waals surface area contributed by atoms with E-state index in [1.165, 1.54) is 0 Å². The van der Waals surface area contributed by atoms with Gasteiger partial charge >= 0.3 is 0 Å². The molecule has 0 heterocycles. The van der Waals surface area contributed by atoms with E-state index >= 15 is 0 Å². The van der Waals surface area contributed by atoms with E-state index < -0.39 is 17.5 Å². The van der Waals surface area contributed by atoms with Crippen LogP contribution in [0.15, 0.2) is 12.1 Å². The monoisotopic (exact) mass is 254 g/mol.